The van der Waals surface area contributed by atoms with Gasteiger partial charge >= 0.3 is 0 Å². The largest absolute Gasteiger partial charge is 0.493 e. The number of alkyl halides is 2. The van der Waals surface area contributed by atoms with Crippen molar-refractivity contribution in [3.05, 3.63) is 241 Å². The zero-order chi connectivity index (χ0) is 98.8. The Morgan fingerprint density at radius 1 is 0.360 bits per heavy atom. The second-order valence-corrected chi connectivity index (χ2v) is 41.2. The van der Waals surface area contributed by atoms with Gasteiger partial charge in [0.05, 0.1) is 94.4 Å². The van der Waals surface area contributed by atoms with Crippen LogP contribution in [0.1, 0.15) is 317 Å². The van der Waals surface area contributed by atoms with Crippen molar-refractivity contribution in [3.8, 4) is 51.7 Å². The highest BCUT2D eigenvalue weighted by molar-refractivity contribution is 6.35. The molecule has 9 aromatic carbocycles. The van der Waals surface area contributed by atoms with Crippen molar-refractivity contribution in [1.29, 1.82) is 0 Å². The molecule has 0 fully saturated rings. The first-order chi connectivity index (χ1) is 64.8. The van der Waals surface area contributed by atoms with E-state index in [-0.39, 0.29) is 12.3 Å². The summed E-state index contributed by atoms with van der Waals surface area (Å²) < 4.78 is 76.8. The van der Waals surface area contributed by atoms with Crippen molar-refractivity contribution in [2.45, 2.75) is 284 Å². The maximum Gasteiger partial charge on any atom is 0.285 e. The van der Waals surface area contributed by atoms with Crippen molar-refractivity contribution in [3.63, 3.8) is 0 Å². The molecule has 0 aliphatic carbocycles. The molecule has 20 heteroatoms. The molecule has 0 bridgehead atoms. The summed E-state index contributed by atoms with van der Waals surface area (Å²) in [5.41, 5.74) is 29.8. The summed E-state index contributed by atoms with van der Waals surface area (Å²) in [6, 6.07) is 37.8. The average Bonchev–Trinajstić information content (AvgIpc) is 0.821. The van der Waals surface area contributed by atoms with Crippen LogP contribution >= 0.6 is 46.4 Å². The van der Waals surface area contributed by atoms with Gasteiger partial charge in [0.25, 0.3) is 5.92 Å². The van der Waals surface area contributed by atoms with Crippen molar-refractivity contribution in [2.24, 2.45) is 0 Å². The third-order valence-electron chi connectivity index (χ3n) is 26.9. The van der Waals surface area contributed by atoms with Gasteiger partial charge in [-0.25, -0.2) is 8.78 Å². The van der Waals surface area contributed by atoms with Crippen molar-refractivity contribution < 1.29 is 51.4 Å². The van der Waals surface area contributed by atoms with Crippen LogP contribution in [-0.2, 0) is 32.1 Å². The number of pyridine rings is 1. The Morgan fingerprint density at radius 2 is 0.779 bits per heavy atom. The predicted molar refractivity (Wildman–Crippen MR) is 568 cm³/mol. The van der Waals surface area contributed by atoms with Crippen LogP contribution in [0.2, 0.25) is 20.1 Å². The highest BCUT2D eigenvalue weighted by atomic mass is 35.5. The van der Waals surface area contributed by atoms with Crippen LogP contribution in [0.25, 0.3) is 10.9 Å². The second-order valence-electron chi connectivity index (χ2n) is 39.7. The van der Waals surface area contributed by atoms with Gasteiger partial charge in [-0.05, 0) is 277 Å². The summed E-state index contributed by atoms with van der Waals surface area (Å²) in [5, 5.41) is 7.64. The second kappa shape index (κ2) is 49.1. The number of nitrogens with one attached hydrogen (secondary N) is 1. The standard InChI is InChI=1S/C14H15NO.C14H21NO.C13H18ClNO.C13H17ClO.C13H19NO.C13H18O.C12H13ClF2O.C12H15ClO.C12H17NO/c1-9(2)11-3-4-12-13-10(6-8-16-12)5-7-15-14(11)13;1-5-15-8-9-16-13-7-6-12(10(2)3)11(4)14(13)15;1-4-15-7-8-16-11-6-5-10(9(2)3)12(14)13(11)15;1-8(2)11-7-9(3)13-10(12(11)14)5-4-6-15-13;1-9(2)11-5-6-12-13(10(11)3)14(4)7-8-15-12;1-9(2)12-7-6-11-5-4-8-14-13(11)10(12)3;1-7(2)8-3-4-10-9(11(8)13)5-12(14,15)6-16-10;1-8(2)10-6-5-9-4-3-7-14-12(9)11(10)13;1-8(2)10-4-5-11-12(9(10)3)13-6-7-14-11/h3-5,7,9H,6,8H2,1-2H3;6-7,10H,5,8-9H2,1-4H3;5-6,9H,4,7-8H2,1-3H3;7-8H,4-6H2,1-3H3;5-6,9H,7-8H2,1-4H3;6-7,9H,4-5,8H2,1-3H3;3-4,7H,5-6H2,1-2H3;5-6,8H,3-4,7H2,1-2H3;4-5,8,13H,6-7H2,1-3H3. The zero-order valence-corrected chi connectivity index (χ0v) is 89.2. The molecule has 738 valence electrons. The highest BCUT2D eigenvalue weighted by Crippen LogP contribution is 2.48. The zero-order valence-electron chi connectivity index (χ0n) is 86.2. The van der Waals surface area contributed by atoms with Gasteiger partial charge in [0.1, 0.15) is 78.2 Å². The number of anilines is 4. The molecule has 9 aliphatic heterocycles. The van der Waals surface area contributed by atoms with Crippen LogP contribution in [0.4, 0.5) is 31.5 Å². The summed E-state index contributed by atoms with van der Waals surface area (Å²) in [7, 11) is 2.14. The fraction of sp³-hybridized carbons (Fsp3) is 0.509. The molecular weight excluding hydrogens is 1790 g/mol. The summed E-state index contributed by atoms with van der Waals surface area (Å²) in [6.45, 7) is 66.1. The van der Waals surface area contributed by atoms with Crippen LogP contribution in [0, 0.1) is 34.6 Å². The van der Waals surface area contributed by atoms with Crippen LogP contribution in [-0.4, -0.2) is 117 Å². The molecule has 0 amide bonds. The number of aromatic nitrogens is 1. The summed E-state index contributed by atoms with van der Waals surface area (Å²) in [5.74, 6) is 10.2. The molecule has 136 heavy (non-hydrogen) atoms. The number of likely N-dealkylation sites (N-methyl/N-ethyl adjacent to an activating group) is 3. The van der Waals surface area contributed by atoms with Gasteiger partial charge in [-0.2, -0.15) is 0 Å². The highest BCUT2D eigenvalue weighted by Gasteiger charge is 2.38. The topological polar surface area (TPSA) is 118 Å². The van der Waals surface area contributed by atoms with Crippen molar-refractivity contribution in [1.82, 2.24) is 4.98 Å². The van der Waals surface area contributed by atoms with Gasteiger partial charge in [-0.3, -0.25) is 4.98 Å². The van der Waals surface area contributed by atoms with Gasteiger partial charge < -0.3 is 62.6 Å². The first-order valence-electron chi connectivity index (χ1n) is 50.0. The molecule has 1 N–H and O–H groups in total. The normalized spacial score (nSPS) is 15.3. The SMILES string of the molecule is CC(C)c1ccc2c(c1Cl)CC(F)(F)CO2.CC(C)c1ccc2c(c1Cl)OCCC2.CC(C)c1ccc2c3c(ccnc13)CCO2.CCN1CCOc2ccc(C(C)C)c(C)c21.CCN1CCOc2ccc(C(C)C)c(Cl)c21.Cc1c(C(C)C)ccc2c1N(C)CCO2.Cc1c(C(C)C)ccc2c1NCCO2.Cc1c(C(C)C)ccc2c1OCCC2.Cc1cc(C(C)C)c(Cl)c2c1OCCC2. The summed E-state index contributed by atoms with van der Waals surface area (Å²) >= 11 is 25.3. The number of fused-ring (bicyclic) bond motifs is 8. The molecule has 0 atom stereocenters. The maximum absolute atomic E-state index is 13.2. The summed E-state index contributed by atoms with van der Waals surface area (Å²) in [6.07, 6.45) is 9.23. The first-order valence-corrected chi connectivity index (χ1v) is 51.5. The molecule has 10 aromatic rings. The lowest BCUT2D eigenvalue weighted by atomic mass is 9.93. The molecule has 14 nitrogen and oxygen atoms in total. The lowest BCUT2D eigenvalue weighted by molar-refractivity contribution is -0.0514. The van der Waals surface area contributed by atoms with Crippen LogP contribution in [0.15, 0.2) is 115 Å². The van der Waals surface area contributed by atoms with E-state index >= 15 is 0 Å². The average molecular weight is 1940 g/mol. The molecule has 0 unspecified atom stereocenters. The van der Waals surface area contributed by atoms with Gasteiger partial charge in [0, 0.05) is 62.2 Å². The van der Waals surface area contributed by atoms with E-state index in [1.807, 2.05) is 32.2 Å². The molecule has 1 aromatic heterocycles. The molecule has 0 saturated heterocycles. The smallest absolute Gasteiger partial charge is 0.285 e. The first kappa shape index (κ1) is 107. The van der Waals surface area contributed by atoms with Gasteiger partial charge in [-0.1, -0.05) is 238 Å². The van der Waals surface area contributed by atoms with E-state index in [4.69, 9.17) is 89.0 Å². The van der Waals surface area contributed by atoms with Crippen LogP contribution in [0.5, 0.6) is 51.7 Å². The molecular formula is C116H153Cl4F2N5O9. The lowest BCUT2D eigenvalue weighted by Gasteiger charge is -2.33. The van der Waals surface area contributed by atoms with E-state index in [9.17, 15) is 8.78 Å². The molecule has 0 saturated carbocycles. The number of aryl methyl sites for hydroxylation is 3. The third kappa shape index (κ3) is 25.9. The summed E-state index contributed by atoms with van der Waals surface area (Å²) in [4.78, 5) is 11.5. The number of halogens is 6. The monoisotopic (exact) mass is 1940 g/mol. The Kier molecular flexibility index (Phi) is 38.7. The van der Waals surface area contributed by atoms with E-state index in [0.29, 0.717) is 63.7 Å². The Bertz CT molecular complexity index is 5460. The molecule has 0 spiro atoms. The Morgan fingerprint density at radius 3 is 1.35 bits per heavy atom. The number of ether oxygens (including phenoxy) is 9. The fourth-order valence-corrected chi connectivity index (χ4v) is 21.3. The van der Waals surface area contributed by atoms with E-state index in [1.54, 1.807) is 6.07 Å². The van der Waals surface area contributed by atoms with E-state index in [0.717, 1.165) is 208 Å². The van der Waals surface area contributed by atoms with Gasteiger partial charge in [-0.15, -0.1) is 0 Å². The van der Waals surface area contributed by atoms with Crippen LogP contribution < -0.4 is 62.6 Å². The van der Waals surface area contributed by atoms with E-state index < -0.39 is 12.5 Å². The minimum atomic E-state index is -2.81. The van der Waals surface area contributed by atoms with Crippen molar-refractivity contribution in [2.75, 3.05) is 126 Å². The third-order valence-corrected chi connectivity index (χ3v) is 28.5. The molecule has 9 aliphatic rings. The quantitative estimate of drug-likeness (QED) is 0.132. The fourth-order valence-electron chi connectivity index (χ4n) is 19.4. The molecule has 0 radical (unpaired) electrons. The Balaban J connectivity index is 0.000000147. The van der Waals surface area contributed by atoms with Crippen LogP contribution in [0.3, 0.4) is 0 Å². The minimum absolute atomic E-state index is 0.216. The number of rotatable bonds is 11. The predicted octanol–water partition coefficient (Wildman–Crippen LogP) is 31.5. The van der Waals surface area contributed by atoms with E-state index in [1.165, 1.54) is 123 Å². The van der Waals surface area contributed by atoms with Gasteiger partial charge in [0.15, 0.2) is 6.61 Å². The number of hydrogen-bond donors (Lipinski definition) is 1. The molecule has 10 heterocycles. The molecule has 19 rings (SSSR count). The Labute approximate surface area is 833 Å². The maximum atomic E-state index is 13.2. The minimum Gasteiger partial charge on any atom is -0.493 e. The Hall–Kier alpha value is -9.19. The van der Waals surface area contributed by atoms with E-state index in [2.05, 4.69) is 282 Å². The number of hydrogen-bond acceptors (Lipinski definition) is 14. The van der Waals surface area contributed by atoms with Crippen molar-refractivity contribution >= 4 is 80.1 Å². The lowest BCUT2D eigenvalue weighted by Crippen LogP contribution is -2.33. The van der Waals surface area contributed by atoms with Gasteiger partial charge in [0.2, 0.25) is 0 Å². The number of nitrogens with zero attached hydrogens (tertiary/aromatic N) is 4. The number of benzene rings is 9.